The van der Waals surface area contributed by atoms with Gasteiger partial charge in [0.2, 0.25) is 15.9 Å². The first-order valence-corrected chi connectivity index (χ1v) is 11.7. The molecule has 9 heteroatoms. The largest absolute Gasteiger partial charge is 0.379 e. The van der Waals surface area contributed by atoms with Crippen molar-refractivity contribution in [2.45, 2.75) is 24.2 Å². The van der Waals surface area contributed by atoms with Crippen molar-refractivity contribution in [1.82, 2.24) is 14.5 Å². The SMILES string of the molecule is O=C(CCc1ccc(S(=O)(=O)N2CCOCC2)cc1)NCCCN1CCOCC1. The number of nitrogens with zero attached hydrogens (tertiary/aromatic N) is 2. The lowest BCUT2D eigenvalue weighted by molar-refractivity contribution is -0.121. The Morgan fingerprint density at radius 3 is 2.24 bits per heavy atom. The van der Waals surface area contributed by atoms with Crippen molar-refractivity contribution in [3.8, 4) is 0 Å². The molecule has 0 atom stereocenters. The fourth-order valence-corrected chi connectivity index (χ4v) is 4.87. The van der Waals surface area contributed by atoms with Crippen LogP contribution in [0.5, 0.6) is 0 Å². The molecular formula is C20H31N3O5S. The number of amides is 1. The second-order valence-corrected chi connectivity index (χ2v) is 9.26. The van der Waals surface area contributed by atoms with Gasteiger partial charge in [0.1, 0.15) is 0 Å². The highest BCUT2D eigenvalue weighted by molar-refractivity contribution is 7.89. The average Bonchev–Trinajstić information content (AvgIpc) is 2.77. The predicted octanol–water partition coefficient (Wildman–Crippen LogP) is 0.479. The van der Waals surface area contributed by atoms with Crippen LogP contribution in [0.2, 0.25) is 0 Å². The molecule has 2 heterocycles. The summed E-state index contributed by atoms with van der Waals surface area (Å²) in [7, 11) is -3.47. The number of carbonyl (C=O) groups is 1. The van der Waals surface area contributed by atoms with Crippen LogP contribution < -0.4 is 5.32 Å². The van der Waals surface area contributed by atoms with E-state index >= 15 is 0 Å². The summed E-state index contributed by atoms with van der Waals surface area (Å²) in [5.41, 5.74) is 0.953. The van der Waals surface area contributed by atoms with E-state index in [4.69, 9.17) is 9.47 Å². The molecule has 1 N–H and O–H groups in total. The van der Waals surface area contributed by atoms with Crippen molar-refractivity contribution in [3.05, 3.63) is 29.8 Å². The van der Waals surface area contributed by atoms with Gasteiger partial charge in [0, 0.05) is 39.1 Å². The van der Waals surface area contributed by atoms with E-state index in [2.05, 4.69) is 10.2 Å². The molecule has 0 spiro atoms. The summed E-state index contributed by atoms with van der Waals surface area (Å²) in [5.74, 6) is 0.0250. The summed E-state index contributed by atoms with van der Waals surface area (Å²) in [6.45, 7) is 6.78. The summed E-state index contributed by atoms with van der Waals surface area (Å²) < 4.78 is 37.2. The molecule has 29 heavy (non-hydrogen) atoms. The highest BCUT2D eigenvalue weighted by atomic mass is 32.2. The number of sulfonamides is 1. The maximum atomic E-state index is 12.6. The van der Waals surface area contributed by atoms with Crippen molar-refractivity contribution in [3.63, 3.8) is 0 Å². The average molecular weight is 426 g/mol. The Bertz CT molecular complexity index is 742. The molecule has 0 aromatic heterocycles. The second kappa shape index (κ2) is 11.0. The van der Waals surface area contributed by atoms with E-state index in [1.54, 1.807) is 24.3 Å². The van der Waals surface area contributed by atoms with Crippen molar-refractivity contribution in [1.29, 1.82) is 0 Å². The number of hydrogen-bond donors (Lipinski definition) is 1. The third-order valence-electron chi connectivity index (χ3n) is 5.25. The normalized spacial score (nSPS) is 19.2. The topological polar surface area (TPSA) is 88.2 Å². The first kappa shape index (κ1) is 22.2. The molecule has 2 saturated heterocycles. The maximum Gasteiger partial charge on any atom is 0.243 e. The van der Waals surface area contributed by atoms with Crippen LogP contribution in [-0.4, -0.2) is 89.2 Å². The second-order valence-electron chi connectivity index (χ2n) is 7.32. The van der Waals surface area contributed by atoms with Gasteiger partial charge in [-0.3, -0.25) is 9.69 Å². The summed E-state index contributed by atoms with van der Waals surface area (Å²) in [6, 6.07) is 6.83. The van der Waals surface area contributed by atoms with Gasteiger partial charge in [-0.2, -0.15) is 4.31 Å². The fraction of sp³-hybridized carbons (Fsp3) is 0.650. The molecule has 2 aliphatic heterocycles. The Kier molecular flexibility index (Phi) is 8.43. The van der Waals surface area contributed by atoms with Gasteiger partial charge in [0.05, 0.1) is 31.3 Å². The quantitative estimate of drug-likeness (QED) is 0.579. The van der Waals surface area contributed by atoms with Crippen LogP contribution in [0.15, 0.2) is 29.2 Å². The van der Waals surface area contributed by atoms with Gasteiger partial charge in [0.25, 0.3) is 0 Å². The van der Waals surface area contributed by atoms with Gasteiger partial charge in [-0.25, -0.2) is 8.42 Å². The standard InChI is InChI=1S/C20H31N3O5S/c24-20(21-8-1-9-22-10-14-27-15-11-22)7-4-18-2-5-19(6-3-18)29(25,26)23-12-16-28-17-13-23/h2-3,5-6H,1,4,7-17H2,(H,21,24). The number of aryl methyl sites for hydroxylation is 1. The Morgan fingerprint density at radius 1 is 0.966 bits per heavy atom. The van der Waals surface area contributed by atoms with E-state index in [1.807, 2.05) is 0 Å². The van der Waals surface area contributed by atoms with E-state index in [-0.39, 0.29) is 10.8 Å². The third kappa shape index (κ3) is 6.75. The maximum absolute atomic E-state index is 12.6. The predicted molar refractivity (Wildman–Crippen MR) is 109 cm³/mol. The first-order chi connectivity index (χ1) is 14.1. The van der Waals surface area contributed by atoms with Crippen LogP contribution in [0, 0.1) is 0 Å². The van der Waals surface area contributed by atoms with E-state index in [1.165, 1.54) is 4.31 Å². The molecule has 3 rings (SSSR count). The fourth-order valence-electron chi connectivity index (χ4n) is 3.47. The van der Waals surface area contributed by atoms with Crippen LogP contribution in [0.3, 0.4) is 0 Å². The summed E-state index contributed by atoms with van der Waals surface area (Å²) in [4.78, 5) is 14.7. The van der Waals surface area contributed by atoms with Crippen molar-refractivity contribution in [2.24, 2.45) is 0 Å². The Balaban J connectivity index is 1.37. The highest BCUT2D eigenvalue weighted by Crippen LogP contribution is 2.18. The monoisotopic (exact) mass is 425 g/mol. The smallest absolute Gasteiger partial charge is 0.243 e. The van der Waals surface area contributed by atoms with Crippen LogP contribution in [-0.2, 0) is 30.7 Å². The molecule has 2 fully saturated rings. The number of carbonyl (C=O) groups excluding carboxylic acids is 1. The molecule has 8 nitrogen and oxygen atoms in total. The molecule has 1 aromatic rings. The zero-order valence-corrected chi connectivity index (χ0v) is 17.7. The molecule has 1 amide bonds. The number of rotatable bonds is 9. The van der Waals surface area contributed by atoms with Gasteiger partial charge in [0.15, 0.2) is 0 Å². The minimum Gasteiger partial charge on any atom is -0.379 e. The highest BCUT2D eigenvalue weighted by Gasteiger charge is 2.26. The van der Waals surface area contributed by atoms with E-state index in [0.717, 1.165) is 44.8 Å². The summed E-state index contributed by atoms with van der Waals surface area (Å²) in [6.07, 6.45) is 1.92. The molecule has 0 aliphatic carbocycles. The van der Waals surface area contributed by atoms with Gasteiger partial charge in [-0.15, -0.1) is 0 Å². The van der Waals surface area contributed by atoms with Gasteiger partial charge >= 0.3 is 0 Å². The molecule has 0 radical (unpaired) electrons. The minimum absolute atomic E-state index is 0.0250. The van der Waals surface area contributed by atoms with E-state index in [9.17, 15) is 13.2 Å². The number of nitrogens with one attached hydrogen (secondary N) is 1. The Hall–Kier alpha value is -1.52. The van der Waals surface area contributed by atoms with Gasteiger partial charge < -0.3 is 14.8 Å². The van der Waals surface area contributed by atoms with Crippen LogP contribution >= 0.6 is 0 Å². The molecular weight excluding hydrogens is 394 g/mol. The summed E-state index contributed by atoms with van der Waals surface area (Å²) in [5, 5.41) is 2.96. The summed E-state index contributed by atoms with van der Waals surface area (Å²) >= 11 is 0. The Morgan fingerprint density at radius 2 is 1.59 bits per heavy atom. The number of benzene rings is 1. The van der Waals surface area contributed by atoms with Gasteiger partial charge in [-0.05, 0) is 37.1 Å². The van der Waals surface area contributed by atoms with Crippen LogP contribution in [0.25, 0.3) is 0 Å². The number of ether oxygens (including phenoxy) is 2. The zero-order valence-electron chi connectivity index (χ0n) is 16.8. The van der Waals surface area contributed by atoms with Crippen molar-refractivity contribution < 1.29 is 22.7 Å². The lowest BCUT2D eigenvalue weighted by Gasteiger charge is -2.26. The number of hydrogen-bond acceptors (Lipinski definition) is 6. The minimum atomic E-state index is -3.47. The lowest BCUT2D eigenvalue weighted by atomic mass is 10.1. The van der Waals surface area contributed by atoms with Gasteiger partial charge in [-0.1, -0.05) is 12.1 Å². The molecule has 2 aliphatic rings. The molecule has 162 valence electrons. The Labute approximate surface area is 173 Å². The molecule has 0 bridgehead atoms. The molecule has 1 aromatic carbocycles. The lowest BCUT2D eigenvalue weighted by Crippen LogP contribution is -2.40. The molecule has 0 unspecified atom stereocenters. The van der Waals surface area contributed by atoms with E-state index < -0.39 is 10.0 Å². The molecule has 0 saturated carbocycles. The van der Waals surface area contributed by atoms with Crippen molar-refractivity contribution in [2.75, 3.05) is 65.7 Å². The van der Waals surface area contributed by atoms with Crippen molar-refractivity contribution >= 4 is 15.9 Å². The zero-order chi connectivity index (χ0) is 20.5. The van der Waals surface area contributed by atoms with Crippen LogP contribution in [0.4, 0.5) is 0 Å². The van der Waals surface area contributed by atoms with Crippen LogP contribution in [0.1, 0.15) is 18.4 Å². The number of morpholine rings is 2. The van der Waals surface area contributed by atoms with E-state index in [0.29, 0.717) is 45.7 Å². The third-order valence-corrected chi connectivity index (χ3v) is 7.16. The first-order valence-electron chi connectivity index (χ1n) is 10.3.